The van der Waals surface area contributed by atoms with Gasteiger partial charge in [-0.2, -0.15) is 0 Å². The Morgan fingerprint density at radius 2 is 2.25 bits per heavy atom. The molecule has 2 heteroatoms. The van der Waals surface area contributed by atoms with E-state index in [1.807, 2.05) is 5.87 Å². The molecule has 22 valence electrons. The number of hydrogen-bond acceptors (Lipinski definition) is 1. The normalized spacial score (nSPS) is 4.25. The Labute approximate surface area is 33.0 Å². The number of hydrogen-bond donors (Lipinski definition) is 1. The van der Waals surface area contributed by atoms with Crippen LogP contribution in [0.4, 0.5) is 0 Å². The summed E-state index contributed by atoms with van der Waals surface area (Å²) in [5, 5.41) is 6.10. The van der Waals surface area contributed by atoms with Gasteiger partial charge in [-0.05, 0) is 21.8 Å². The summed E-state index contributed by atoms with van der Waals surface area (Å²) >= 11 is 2.82. The lowest BCUT2D eigenvalue weighted by Gasteiger charge is -1.33. The highest BCUT2D eigenvalue weighted by Crippen LogP contribution is 1.67. The fourth-order valence-electron chi connectivity index (χ4n) is 0. The van der Waals surface area contributed by atoms with Gasteiger partial charge in [0, 0.05) is 4.99 Å². The minimum atomic E-state index is 1.35. The molecule has 0 atom stereocenters. The number of halogens is 1. The van der Waals surface area contributed by atoms with Crippen LogP contribution in [0.25, 0.3) is 0 Å². The molecule has 0 aliphatic heterocycles. The maximum absolute atomic E-state index is 6.10. The van der Waals surface area contributed by atoms with E-state index < -0.39 is 0 Å². The van der Waals surface area contributed by atoms with Gasteiger partial charge >= 0.3 is 0 Å². The van der Waals surface area contributed by atoms with E-state index in [9.17, 15) is 0 Å². The van der Waals surface area contributed by atoms with Crippen molar-refractivity contribution in [3.63, 3.8) is 0 Å². The van der Waals surface area contributed by atoms with E-state index in [0.29, 0.717) is 0 Å². The Bertz CT molecular complexity index is 44.0. The lowest BCUT2D eigenvalue weighted by molar-refractivity contribution is 1.60. The molecule has 0 spiro atoms. The predicted molar refractivity (Wildman–Crippen MR) is 21.2 cm³/mol. The zero-order valence-corrected chi connectivity index (χ0v) is 3.54. The molecule has 0 heterocycles. The largest absolute Gasteiger partial charge is 0.258 e. The molecular weight excluding hydrogens is 118 g/mol. The van der Waals surface area contributed by atoms with Crippen molar-refractivity contribution in [1.82, 2.24) is 0 Å². The van der Waals surface area contributed by atoms with Crippen LogP contribution in [-0.4, -0.2) is 5.87 Å². The summed E-state index contributed by atoms with van der Waals surface area (Å²) in [4.78, 5) is 1.35. The van der Waals surface area contributed by atoms with Gasteiger partial charge < -0.3 is 0 Å². The topological polar surface area (TPSA) is 23.9 Å². The van der Waals surface area contributed by atoms with E-state index in [1.54, 1.807) is 0 Å². The molecule has 0 unspecified atom stereocenters. The Kier molecular flexibility index (Phi) is 2.88. The van der Waals surface area contributed by atoms with Crippen LogP contribution in [0, 0.1) is 5.41 Å². The van der Waals surface area contributed by atoms with Gasteiger partial charge in [-0.3, -0.25) is 5.41 Å². The summed E-state index contributed by atoms with van der Waals surface area (Å²) in [7, 11) is 0. The fraction of sp³-hybridized carbons (Fsp3) is 0. The highest BCUT2D eigenvalue weighted by Gasteiger charge is 1.29. The minimum Gasteiger partial charge on any atom is -0.258 e. The maximum atomic E-state index is 6.10. The summed E-state index contributed by atoms with van der Waals surface area (Å²) in [6, 6.07) is 0. The second-order valence-electron chi connectivity index (χ2n) is 0.253. The van der Waals surface area contributed by atoms with E-state index >= 15 is 0 Å². The van der Waals surface area contributed by atoms with Crippen molar-refractivity contribution < 1.29 is 0 Å². The molecule has 0 aliphatic rings. The van der Waals surface area contributed by atoms with Gasteiger partial charge in [0.25, 0.3) is 0 Å². The Morgan fingerprint density at radius 1 is 2.00 bits per heavy atom. The average Bonchev–Trinajstić information content (AvgIpc) is 1.37. The van der Waals surface area contributed by atoms with Crippen LogP contribution >= 0.6 is 15.9 Å². The second-order valence-corrected chi connectivity index (χ2v) is 0.711. The van der Waals surface area contributed by atoms with Gasteiger partial charge in [0.2, 0.25) is 0 Å². The molecule has 0 amide bonds. The molecule has 0 aromatic carbocycles. The first kappa shape index (κ1) is 3.93. The summed E-state index contributed by atoms with van der Waals surface area (Å²) < 4.78 is 0. The summed E-state index contributed by atoms with van der Waals surface area (Å²) in [6.07, 6.45) is 0. The van der Waals surface area contributed by atoms with Gasteiger partial charge in [-0.25, -0.2) is 0 Å². The van der Waals surface area contributed by atoms with Gasteiger partial charge in [0.15, 0.2) is 0 Å². The van der Waals surface area contributed by atoms with Crippen LogP contribution < -0.4 is 0 Å². The number of nitrogens with one attached hydrogen (secondary N) is 1. The first-order valence-corrected chi connectivity index (χ1v) is 1.67. The lowest BCUT2D eigenvalue weighted by atomic mass is 11.2. The van der Waals surface area contributed by atoms with Crippen molar-refractivity contribution in [2.75, 3.05) is 0 Å². The highest BCUT2D eigenvalue weighted by atomic mass is 79.9. The first-order chi connectivity index (χ1) is 1.91. The Balaban J connectivity index is 3.11. The fourth-order valence-corrected chi connectivity index (χ4v) is 0. The van der Waals surface area contributed by atoms with Crippen LogP contribution in [0.3, 0.4) is 0 Å². The molecular formula is C2H2BrN. The van der Waals surface area contributed by atoms with E-state index in [-0.39, 0.29) is 0 Å². The van der Waals surface area contributed by atoms with E-state index in [2.05, 4.69) is 15.9 Å². The minimum absolute atomic E-state index is 1.35. The lowest BCUT2D eigenvalue weighted by Crippen LogP contribution is -1.22. The molecule has 0 saturated carbocycles. The van der Waals surface area contributed by atoms with Crippen molar-refractivity contribution in [3.8, 4) is 0 Å². The SMILES string of the molecule is N=C=CBr. The molecule has 0 radical (unpaired) electrons. The molecule has 0 fully saturated rings. The summed E-state index contributed by atoms with van der Waals surface area (Å²) in [6.45, 7) is 0. The summed E-state index contributed by atoms with van der Waals surface area (Å²) in [5.74, 6) is 1.97. The van der Waals surface area contributed by atoms with Crippen molar-refractivity contribution in [3.05, 3.63) is 4.99 Å². The molecule has 0 aromatic heterocycles. The molecule has 4 heavy (non-hydrogen) atoms. The molecule has 1 N–H and O–H groups in total. The standard InChI is InChI=1S/C2H2BrN/c3-1-2-4/h1,4H. The maximum Gasteiger partial charge on any atom is 0.0421 e. The quantitative estimate of drug-likeness (QED) is 0.463. The van der Waals surface area contributed by atoms with Gasteiger partial charge in [0.05, 0.1) is 0 Å². The van der Waals surface area contributed by atoms with Crippen LogP contribution in [0.1, 0.15) is 0 Å². The van der Waals surface area contributed by atoms with Crippen molar-refractivity contribution in [2.45, 2.75) is 0 Å². The second kappa shape index (κ2) is 2.93. The number of rotatable bonds is 0. The molecule has 0 rings (SSSR count). The zero-order valence-electron chi connectivity index (χ0n) is 1.96. The van der Waals surface area contributed by atoms with Crippen molar-refractivity contribution in [1.29, 1.82) is 5.41 Å². The summed E-state index contributed by atoms with van der Waals surface area (Å²) in [5.41, 5.74) is 0. The zero-order chi connectivity index (χ0) is 3.41. The molecule has 1 nitrogen and oxygen atoms in total. The first-order valence-electron chi connectivity index (χ1n) is 0.757. The van der Waals surface area contributed by atoms with Gasteiger partial charge in [-0.1, -0.05) is 0 Å². The van der Waals surface area contributed by atoms with Gasteiger partial charge in [-0.15, -0.1) is 0 Å². The molecule has 0 aromatic rings. The smallest absolute Gasteiger partial charge is 0.0421 e. The predicted octanol–water partition coefficient (Wildman–Crippen LogP) is 1.14. The van der Waals surface area contributed by atoms with Crippen LogP contribution in [0.5, 0.6) is 0 Å². The van der Waals surface area contributed by atoms with E-state index in [0.717, 1.165) is 0 Å². The Hall–Kier alpha value is -0.0700. The third-order valence-electron chi connectivity index (χ3n) is 0.0546. The van der Waals surface area contributed by atoms with Crippen LogP contribution in [0.2, 0.25) is 0 Å². The molecule has 0 saturated heterocycles. The van der Waals surface area contributed by atoms with Crippen molar-refractivity contribution >= 4 is 21.8 Å². The Morgan fingerprint density at radius 3 is 2.25 bits per heavy atom. The van der Waals surface area contributed by atoms with Crippen molar-refractivity contribution in [2.24, 2.45) is 0 Å². The highest BCUT2D eigenvalue weighted by molar-refractivity contribution is 9.11. The third kappa shape index (κ3) is 1.93. The molecule has 0 bridgehead atoms. The van der Waals surface area contributed by atoms with Gasteiger partial charge in [0.1, 0.15) is 0 Å². The van der Waals surface area contributed by atoms with Crippen LogP contribution in [-0.2, 0) is 0 Å². The third-order valence-corrected chi connectivity index (χ3v) is 0.283. The monoisotopic (exact) mass is 119 g/mol. The average molecular weight is 120 g/mol. The van der Waals surface area contributed by atoms with E-state index in [1.165, 1.54) is 4.99 Å². The van der Waals surface area contributed by atoms with Crippen LogP contribution in [0.15, 0.2) is 4.99 Å². The van der Waals surface area contributed by atoms with E-state index in [4.69, 9.17) is 5.41 Å². The molecule has 0 aliphatic carbocycles.